The molecule has 0 aromatic heterocycles. The molecule has 1 N–H and O–H groups in total. The molecule has 5 nitrogen and oxygen atoms in total. The van der Waals surface area contributed by atoms with Gasteiger partial charge in [0.25, 0.3) is 11.6 Å². The second kappa shape index (κ2) is 6.13. The van der Waals surface area contributed by atoms with Crippen LogP contribution in [-0.2, 0) is 6.54 Å². The number of hydrogen-bond donors (Lipinski definition) is 1. The number of nitrogens with one attached hydrogen (secondary N) is 1. The molecule has 0 atom stereocenters. The van der Waals surface area contributed by atoms with E-state index in [1.54, 1.807) is 31.2 Å². The van der Waals surface area contributed by atoms with Gasteiger partial charge in [0.05, 0.1) is 10.5 Å². The van der Waals surface area contributed by atoms with Gasteiger partial charge in [-0.1, -0.05) is 24.3 Å². The number of aryl methyl sites for hydroxylation is 1. The van der Waals surface area contributed by atoms with Crippen molar-refractivity contribution in [3.8, 4) is 0 Å². The van der Waals surface area contributed by atoms with Crippen molar-refractivity contribution in [3.05, 3.63) is 75.1 Å². The highest BCUT2D eigenvalue weighted by atomic mass is 19.1. The van der Waals surface area contributed by atoms with Crippen LogP contribution in [0, 0.1) is 22.9 Å². The highest BCUT2D eigenvalue weighted by molar-refractivity contribution is 5.94. The van der Waals surface area contributed by atoms with Crippen LogP contribution in [0.5, 0.6) is 0 Å². The van der Waals surface area contributed by atoms with Crippen LogP contribution in [0.1, 0.15) is 21.5 Å². The first-order valence-corrected chi connectivity index (χ1v) is 6.25. The van der Waals surface area contributed by atoms with Crippen molar-refractivity contribution in [3.63, 3.8) is 0 Å². The molecule has 0 spiro atoms. The molecule has 0 saturated heterocycles. The van der Waals surface area contributed by atoms with Crippen LogP contribution in [0.3, 0.4) is 0 Å². The van der Waals surface area contributed by atoms with E-state index in [1.807, 2.05) is 0 Å². The second-order valence-corrected chi connectivity index (χ2v) is 4.55. The van der Waals surface area contributed by atoms with Crippen molar-refractivity contribution >= 4 is 11.6 Å². The molecule has 0 aliphatic rings. The number of nitrogens with zero attached hydrogens (tertiary/aromatic N) is 1. The monoisotopic (exact) mass is 288 g/mol. The number of nitro groups is 1. The number of benzene rings is 2. The lowest BCUT2D eigenvalue weighted by atomic mass is 10.1. The Morgan fingerprint density at radius 3 is 2.67 bits per heavy atom. The number of halogens is 1. The number of rotatable bonds is 4. The third kappa shape index (κ3) is 3.42. The summed E-state index contributed by atoms with van der Waals surface area (Å²) in [5.74, 6) is -1.22. The molecule has 0 saturated carbocycles. The third-order valence-corrected chi connectivity index (χ3v) is 3.00. The van der Waals surface area contributed by atoms with Crippen LogP contribution in [0.25, 0.3) is 0 Å². The molecule has 2 aromatic rings. The fourth-order valence-corrected chi connectivity index (χ4v) is 1.91. The van der Waals surface area contributed by atoms with Gasteiger partial charge in [0.2, 0.25) is 0 Å². The third-order valence-electron chi connectivity index (χ3n) is 3.00. The molecular weight excluding hydrogens is 275 g/mol. The van der Waals surface area contributed by atoms with Gasteiger partial charge < -0.3 is 5.32 Å². The quantitative estimate of drug-likeness (QED) is 0.694. The van der Waals surface area contributed by atoms with E-state index in [9.17, 15) is 19.3 Å². The number of para-hydroxylation sites is 1. The van der Waals surface area contributed by atoms with E-state index in [2.05, 4.69) is 5.32 Å². The Labute approximate surface area is 120 Å². The van der Waals surface area contributed by atoms with Gasteiger partial charge in [-0.15, -0.1) is 0 Å². The summed E-state index contributed by atoms with van der Waals surface area (Å²) in [6.07, 6.45) is 0. The number of hydrogen-bond acceptors (Lipinski definition) is 3. The molecule has 0 heterocycles. The van der Waals surface area contributed by atoms with E-state index in [0.29, 0.717) is 11.1 Å². The van der Waals surface area contributed by atoms with Crippen molar-refractivity contribution in [2.75, 3.05) is 0 Å². The molecule has 0 bridgehead atoms. The minimum atomic E-state index is -0.616. The highest BCUT2D eigenvalue weighted by Crippen LogP contribution is 2.17. The fourth-order valence-electron chi connectivity index (χ4n) is 1.91. The van der Waals surface area contributed by atoms with Gasteiger partial charge >= 0.3 is 0 Å². The lowest BCUT2D eigenvalue weighted by Gasteiger charge is -2.07. The van der Waals surface area contributed by atoms with Gasteiger partial charge in [-0.2, -0.15) is 0 Å². The van der Waals surface area contributed by atoms with E-state index in [-0.39, 0.29) is 17.8 Å². The molecule has 2 aromatic carbocycles. The van der Waals surface area contributed by atoms with Gasteiger partial charge in [0.1, 0.15) is 5.82 Å². The highest BCUT2D eigenvalue weighted by Gasteiger charge is 2.15. The Bertz CT molecular complexity index is 701. The van der Waals surface area contributed by atoms with Crippen molar-refractivity contribution in [1.29, 1.82) is 0 Å². The number of carbonyl (C=O) groups is 1. The molecule has 0 radical (unpaired) electrons. The molecule has 0 aliphatic heterocycles. The molecule has 1 amide bonds. The van der Waals surface area contributed by atoms with E-state index in [4.69, 9.17) is 0 Å². The molecular formula is C15H13FN2O3. The normalized spacial score (nSPS) is 10.2. The Hall–Kier alpha value is -2.76. The maximum Gasteiger partial charge on any atom is 0.274 e. The summed E-state index contributed by atoms with van der Waals surface area (Å²) >= 11 is 0. The summed E-state index contributed by atoms with van der Waals surface area (Å²) in [6, 6.07) is 10.4. The van der Waals surface area contributed by atoms with Gasteiger partial charge in [0, 0.05) is 18.2 Å². The number of amides is 1. The van der Waals surface area contributed by atoms with Crippen LogP contribution in [0.4, 0.5) is 10.1 Å². The molecule has 2 rings (SSSR count). The lowest BCUT2D eigenvalue weighted by molar-refractivity contribution is -0.385. The van der Waals surface area contributed by atoms with Gasteiger partial charge in [-0.05, 0) is 24.6 Å². The SMILES string of the molecule is Cc1ccc(C(=O)NCc2ccccc2[N+](=O)[O-])c(F)c1. The Morgan fingerprint density at radius 2 is 2.00 bits per heavy atom. The van der Waals surface area contributed by atoms with Gasteiger partial charge in [0.15, 0.2) is 0 Å². The average Bonchev–Trinajstić information content (AvgIpc) is 2.45. The largest absolute Gasteiger partial charge is 0.348 e. The average molecular weight is 288 g/mol. The minimum Gasteiger partial charge on any atom is -0.348 e. The van der Waals surface area contributed by atoms with Crippen LogP contribution in [-0.4, -0.2) is 10.8 Å². The summed E-state index contributed by atoms with van der Waals surface area (Å²) in [5.41, 5.74) is 0.910. The lowest BCUT2D eigenvalue weighted by Crippen LogP contribution is -2.24. The van der Waals surface area contributed by atoms with Crippen molar-refractivity contribution in [2.24, 2.45) is 0 Å². The van der Waals surface area contributed by atoms with Crippen LogP contribution in [0.2, 0.25) is 0 Å². The zero-order valence-electron chi connectivity index (χ0n) is 11.3. The summed E-state index contributed by atoms with van der Waals surface area (Å²) in [6.45, 7) is 1.68. The first-order valence-electron chi connectivity index (χ1n) is 6.25. The summed E-state index contributed by atoms with van der Waals surface area (Å²) in [7, 11) is 0. The zero-order valence-corrected chi connectivity index (χ0v) is 11.3. The predicted molar refractivity (Wildman–Crippen MR) is 75.4 cm³/mol. The zero-order chi connectivity index (χ0) is 15.4. The van der Waals surface area contributed by atoms with Crippen molar-refractivity contribution in [2.45, 2.75) is 13.5 Å². The Balaban J connectivity index is 2.13. The Kier molecular flexibility index (Phi) is 4.27. The van der Waals surface area contributed by atoms with Crippen LogP contribution in [0.15, 0.2) is 42.5 Å². The van der Waals surface area contributed by atoms with E-state index in [1.165, 1.54) is 18.2 Å². The number of nitro benzene ring substituents is 1. The van der Waals surface area contributed by atoms with E-state index in [0.717, 1.165) is 0 Å². The Morgan fingerprint density at radius 1 is 1.29 bits per heavy atom. The summed E-state index contributed by atoms with van der Waals surface area (Å²) < 4.78 is 13.7. The smallest absolute Gasteiger partial charge is 0.274 e. The molecule has 6 heteroatoms. The number of carbonyl (C=O) groups excluding carboxylic acids is 1. The topological polar surface area (TPSA) is 72.2 Å². The summed E-state index contributed by atoms with van der Waals surface area (Å²) in [5, 5.41) is 13.3. The minimum absolute atomic E-state index is 0.0384. The first-order chi connectivity index (χ1) is 9.99. The molecule has 0 aliphatic carbocycles. The maximum atomic E-state index is 13.7. The molecule has 0 fully saturated rings. The molecule has 108 valence electrons. The van der Waals surface area contributed by atoms with Gasteiger partial charge in [-0.25, -0.2) is 4.39 Å². The van der Waals surface area contributed by atoms with E-state index < -0.39 is 16.6 Å². The van der Waals surface area contributed by atoms with Crippen molar-refractivity contribution < 1.29 is 14.1 Å². The predicted octanol–water partition coefficient (Wildman–Crippen LogP) is 2.97. The molecule has 0 unspecified atom stereocenters. The standard InChI is InChI=1S/C15H13FN2O3/c1-10-6-7-12(13(16)8-10)15(19)17-9-11-4-2-3-5-14(11)18(20)21/h2-8H,9H2,1H3,(H,17,19). The van der Waals surface area contributed by atoms with Crippen LogP contribution >= 0.6 is 0 Å². The second-order valence-electron chi connectivity index (χ2n) is 4.55. The first kappa shape index (κ1) is 14.6. The van der Waals surface area contributed by atoms with Crippen LogP contribution < -0.4 is 5.32 Å². The molecule has 21 heavy (non-hydrogen) atoms. The van der Waals surface area contributed by atoms with Crippen molar-refractivity contribution in [1.82, 2.24) is 5.32 Å². The van der Waals surface area contributed by atoms with Gasteiger partial charge in [-0.3, -0.25) is 14.9 Å². The fraction of sp³-hybridized carbons (Fsp3) is 0.133. The summed E-state index contributed by atoms with van der Waals surface area (Å²) in [4.78, 5) is 22.3. The maximum absolute atomic E-state index is 13.7. The van der Waals surface area contributed by atoms with E-state index >= 15 is 0 Å².